The molecule has 4 rings (SSSR count). The summed E-state index contributed by atoms with van der Waals surface area (Å²) in [5.74, 6) is 1.51. The second kappa shape index (κ2) is 8.54. The van der Waals surface area contributed by atoms with Gasteiger partial charge >= 0.3 is 0 Å². The second-order valence-electron chi connectivity index (χ2n) is 6.54. The number of halogens is 3. The first kappa shape index (κ1) is 20.2. The number of pyridine rings is 1. The number of carbonyl (C=O) groups excluding carboxylic acids is 1. The quantitative estimate of drug-likeness (QED) is 0.789. The Labute approximate surface area is 165 Å². The van der Waals surface area contributed by atoms with E-state index >= 15 is 0 Å². The van der Waals surface area contributed by atoms with Crippen molar-refractivity contribution in [1.29, 1.82) is 0 Å². The van der Waals surface area contributed by atoms with Crippen LogP contribution in [0.4, 0.5) is 0 Å². The van der Waals surface area contributed by atoms with E-state index in [1.54, 1.807) is 12.3 Å². The molecule has 2 saturated heterocycles. The average molecular weight is 403 g/mol. The van der Waals surface area contributed by atoms with Crippen LogP contribution in [0.25, 0.3) is 10.9 Å². The number of carbonyl (C=O) groups is 1. The van der Waals surface area contributed by atoms with Gasteiger partial charge in [0.1, 0.15) is 0 Å². The first-order chi connectivity index (χ1) is 11.2. The molecule has 2 aromatic rings. The molecule has 1 aromatic carbocycles. The van der Waals surface area contributed by atoms with Gasteiger partial charge in [-0.05, 0) is 62.0 Å². The molecular weight excluding hydrogens is 381 g/mol. The molecule has 0 spiro atoms. The van der Waals surface area contributed by atoms with Crippen LogP contribution in [-0.4, -0.2) is 42.0 Å². The van der Waals surface area contributed by atoms with E-state index in [1.807, 2.05) is 23.1 Å². The molecule has 1 aromatic heterocycles. The van der Waals surface area contributed by atoms with Crippen molar-refractivity contribution in [3.63, 3.8) is 0 Å². The van der Waals surface area contributed by atoms with Crippen LogP contribution in [0.3, 0.4) is 0 Å². The summed E-state index contributed by atoms with van der Waals surface area (Å²) in [5.41, 5.74) is 1.37. The zero-order valence-corrected chi connectivity index (χ0v) is 16.2. The highest BCUT2D eigenvalue weighted by Gasteiger charge is 2.32. The fraction of sp³-hybridized carbons (Fsp3) is 0.444. The van der Waals surface area contributed by atoms with Crippen molar-refractivity contribution in [2.75, 3.05) is 26.2 Å². The van der Waals surface area contributed by atoms with Gasteiger partial charge in [-0.25, -0.2) is 0 Å². The van der Waals surface area contributed by atoms with Crippen LogP contribution in [0.15, 0.2) is 30.5 Å². The maximum atomic E-state index is 13.0. The number of amides is 1. The number of likely N-dealkylation sites (tertiary alicyclic amines) is 1. The van der Waals surface area contributed by atoms with Crippen molar-refractivity contribution in [2.45, 2.75) is 12.8 Å². The minimum Gasteiger partial charge on any atom is -0.339 e. The number of nitrogens with zero attached hydrogens (tertiary/aromatic N) is 2. The Morgan fingerprint density at radius 3 is 2.48 bits per heavy atom. The lowest BCUT2D eigenvalue weighted by Gasteiger charge is -2.21. The molecule has 1 N–H and O–H groups in total. The Morgan fingerprint density at radius 2 is 1.80 bits per heavy atom. The molecule has 0 saturated carbocycles. The first-order valence-electron chi connectivity index (χ1n) is 8.27. The highest BCUT2D eigenvalue weighted by atomic mass is 35.5. The summed E-state index contributed by atoms with van der Waals surface area (Å²) in [7, 11) is 0. The molecule has 0 radical (unpaired) electrons. The van der Waals surface area contributed by atoms with Crippen LogP contribution >= 0.6 is 36.4 Å². The van der Waals surface area contributed by atoms with E-state index in [4.69, 9.17) is 11.6 Å². The van der Waals surface area contributed by atoms with Crippen molar-refractivity contribution in [3.8, 4) is 0 Å². The summed E-state index contributed by atoms with van der Waals surface area (Å²) >= 11 is 6.24. The number of fused-ring (bicyclic) bond motifs is 2. The van der Waals surface area contributed by atoms with Crippen molar-refractivity contribution in [2.24, 2.45) is 11.8 Å². The highest BCUT2D eigenvalue weighted by molar-refractivity contribution is 6.36. The van der Waals surface area contributed by atoms with Gasteiger partial charge in [0, 0.05) is 24.7 Å². The Kier molecular flexibility index (Phi) is 6.92. The van der Waals surface area contributed by atoms with Crippen molar-refractivity contribution >= 4 is 53.2 Å². The van der Waals surface area contributed by atoms with Gasteiger partial charge in [-0.2, -0.15) is 0 Å². The predicted octanol–water partition coefficient (Wildman–Crippen LogP) is 3.80. The maximum absolute atomic E-state index is 13.0. The third kappa shape index (κ3) is 3.87. The van der Waals surface area contributed by atoms with Crippen LogP contribution < -0.4 is 5.32 Å². The number of aromatic nitrogens is 1. The van der Waals surface area contributed by atoms with Crippen molar-refractivity contribution in [1.82, 2.24) is 15.2 Å². The predicted molar refractivity (Wildman–Crippen MR) is 106 cm³/mol. The summed E-state index contributed by atoms with van der Waals surface area (Å²) in [4.78, 5) is 19.4. The van der Waals surface area contributed by atoms with Crippen LogP contribution in [0.1, 0.15) is 23.2 Å². The molecule has 3 heterocycles. The fourth-order valence-electron chi connectivity index (χ4n) is 3.90. The van der Waals surface area contributed by atoms with Gasteiger partial charge < -0.3 is 10.2 Å². The molecule has 4 nitrogen and oxygen atoms in total. The second-order valence-corrected chi connectivity index (χ2v) is 6.95. The molecule has 7 heteroatoms. The van der Waals surface area contributed by atoms with Crippen LogP contribution in [0.2, 0.25) is 5.02 Å². The summed E-state index contributed by atoms with van der Waals surface area (Å²) in [6.45, 7) is 3.85. The topological polar surface area (TPSA) is 45.2 Å². The molecule has 2 aliphatic rings. The molecule has 2 aliphatic heterocycles. The minimum absolute atomic E-state index is 0. The van der Waals surface area contributed by atoms with Gasteiger partial charge in [0.2, 0.25) is 0 Å². The molecule has 0 bridgehead atoms. The van der Waals surface area contributed by atoms with Gasteiger partial charge in [0.15, 0.2) is 0 Å². The lowest BCUT2D eigenvalue weighted by molar-refractivity contribution is 0.0760. The number of nitrogens with one attached hydrogen (secondary N) is 1. The lowest BCUT2D eigenvalue weighted by atomic mass is 9.92. The van der Waals surface area contributed by atoms with Gasteiger partial charge in [-0.1, -0.05) is 11.6 Å². The van der Waals surface area contributed by atoms with Gasteiger partial charge in [-0.3, -0.25) is 9.78 Å². The molecular formula is C18H22Cl3N3O. The molecule has 136 valence electrons. The zero-order chi connectivity index (χ0) is 15.8. The fourth-order valence-corrected chi connectivity index (χ4v) is 4.12. The molecule has 2 atom stereocenters. The van der Waals surface area contributed by atoms with Crippen molar-refractivity contribution < 1.29 is 4.79 Å². The molecule has 2 fully saturated rings. The van der Waals surface area contributed by atoms with Crippen molar-refractivity contribution in [3.05, 3.63) is 41.0 Å². The Hall–Kier alpha value is -1.07. The summed E-state index contributed by atoms with van der Waals surface area (Å²) in [5, 5.41) is 4.95. The van der Waals surface area contributed by atoms with E-state index in [2.05, 4.69) is 10.3 Å². The third-order valence-corrected chi connectivity index (χ3v) is 5.58. The highest BCUT2D eigenvalue weighted by Crippen LogP contribution is 2.29. The molecule has 1 amide bonds. The molecule has 0 aliphatic carbocycles. The Bertz CT molecular complexity index is 741. The first-order valence-corrected chi connectivity index (χ1v) is 8.65. The van der Waals surface area contributed by atoms with E-state index in [0.29, 0.717) is 27.9 Å². The lowest BCUT2D eigenvalue weighted by Crippen LogP contribution is -2.33. The Morgan fingerprint density at radius 1 is 1.12 bits per heavy atom. The van der Waals surface area contributed by atoms with Crippen LogP contribution in [0, 0.1) is 11.8 Å². The number of benzene rings is 1. The van der Waals surface area contributed by atoms with E-state index in [0.717, 1.165) is 44.4 Å². The molecule has 0 unspecified atom stereocenters. The van der Waals surface area contributed by atoms with E-state index in [9.17, 15) is 4.79 Å². The summed E-state index contributed by atoms with van der Waals surface area (Å²) in [6.07, 6.45) is 3.89. The number of rotatable bonds is 1. The third-order valence-electron chi connectivity index (χ3n) is 5.25. The smallest absolute Gasteiger partial charge is 0.256 e. The maximum Gasteiger partial charge on any atom is 0.256 e. The van der Waals surface area contributed by atoms with Crippen LogP contribution in [0.5, 0.6) is 0 Å². The van der Waals surface area contributed by atoms with Gasteiger partial charge in [0.05, 0.1) is 16.1 Å². The summed E-state index contributed by atoms with van der Waals surface area (Å²) in [6, 6.07) is 7.38. The monoisotopic (exact) mass is 401 g/mol. The van der Waals surface area contributed by atoms with E-state index < -0.39 is 0 Å². The van der Waals surface area contributed by atoms with Crippen LogP contribution in [-0.2, 0) is 0 Å². The average Bonchev–Trinajstić information content (AvgIpc) is 2.93. The minimum atomic E-state index is 0. The normalized spacial score (nSPS) is 22.5. The molecule has 25 heavy (non-hydrogen) atoms. The zero-order valence-electron chi connectivity index (χ0n) is 13.8. The number of hydrogen-bond donors (Lipinski definition) is 1. The number of hydrogen-bond acceptors (Lipinski definition) is 3. The van der Waals surface area contributed by atoms with Gasteiger partial charge in [-0.15, -0.1) is 24.8 Å². The van der Waals surface area contributed by atoms with E-state index in [1.165, 1.54) is 0 Å². The Balaban J connectivity index is 0.00000113. The van der Waals surface area contributed by atoms with Gasteiger partial charge in [0.25, 0.3) is 5.91 Å². The SMILES string of the molecule is Cl.Cl.O=C(c1ccc(Cl)c2cccnc12)N1CC[C@@H]2CNC[C@@H]2CC1. The standard InChI is InChI=1S/C18H20ClN3O.2ClH/c19-16-4-3-15(17-14(16)2-1-7-21-17)18(23)22-8-5-12-10-20-11-13(12)6-9-22;;/h1-4,7,12-13,20H,5-6,8-11H2;2*1H/t12-,13+;;. The van der Waals surface area contributed by atoms with E-state index in [-0.39, 0.29) is 30.7 Å². The summed E-state index contributed by atoms with van der Waals surface area (Å²) < 4.78 is 0. The largest absolute Gasteiger partial charge is 0.339 e.